The van der Waals surface area contributed by atoms with Crippen LogP contribution in [0.25, 0.3) is 10.9 Å². The summed E-state index contributed by atoms with van der Waals surface area (Å²) in [5.41, 5.74) is 7.20. The number of aryl methyl sites for hydroxylation is 1. The van der Waals surface area contributed by atoms with Gasteiger partial charge in [-0.2, -0.15) is 0 Å². The van der Waals surface area contributed by atoms with Gasteiger partial charge in [-0.1, -0.05) is 18.5 Å². The highest BCUT2D eigenvalue weighted by Crippen LogP contribution is 2.24. The first-order chi connectivity index (χ1) is 7.11. The number of pyridine rings is 1. The molecule has 15 heavy (non-hydrogen) atoms. The first kappa shape index (κ1) is 10.2. The van der Waals surface area contributed by atoms with E-state index in [1.807, 2.05) is 13.0 Å². The standard InChI is InChI=1S/C11H10ClFN2/c1-2-6-3-7-4-8(12)9(13)5-10(7)15-11(6)14/h3-5H,2H2,1H3,(H2,14,15). The summed E-state index contributed by atoms with van der Waals surface area (Å²) in [4.78, 5) is 4.13. The minimum atomic E-state index is -0.472. The van der Waals surface area contributed by atoms with Crippen LogP contribution in [-0.4, -0.2) is 4.98 Å². The number of rotatable bonds is 1. The van der Waals surface area contributed by atoms with Crippen LogP contribution in [0.5, 0.6) is 0 Å². The molecule has 2 nitrogen and oxygen atoms in total. The smallest absolute Gasteiger partial charge is 0.143 e. The summed E-state index contributed by atoms with van der Waals surface area (Å²) in [7, 11) is 0. The third-order valence-electron chi connectivity index (χ3n) is 2.35. The van der Waals surface area contributed by atoms with Gasteiger partial charge in [0.25, 0.3) is 0 Å². The van der Waals surface area contributed by atoms with Crippen LogP contribution in [-0.2, 0) is 6.42 Å². The number of nitrogens with two attached hydrogens (primary N) is 1. The van der Waals surface area contributed by atoms with Crippen LogP contribution in [0.2, 0.25) is 5.02 Å². The van der Waals surface area contributed by atoms with Gasteiger partial charge in [-0.15, -0.1) is 0 Å². The van der Waals surface area contributed by atoms with Crippen molar-refractivity contribution in [3.8, 4) is 0 Å². The first-order valence-electron chi connectivity index (χ1n) is 4.66. The van der Waals surface area contributed by atoms with Crippen molar-refractivity contribution in [1.29, 1.82) is 0 Å². The van der Waals surface area contributed by atoms with E-state index in [1.54, 1.807) is 6.07 Å². The van der Waals surface area contributed by atoms with E-state index in [4.69, 9.17) is 17.3 Å². The topological polar surface area (TPSA) is 38.9 Å². The quantitative estimate of drug-likeness (QED) is 0.808. The van der Waals surface area contributed by atoms with Gasteiger partial charge in [0.2, 0.25) is 0 Å². The monoisotopic (exact) mass is 224 g/mol. The second-order valence-corrected chi connectivity index (χ2v) is 3.75. The Balaban J connectivity index is 2.76. The molecule has 1 aromatic carbocycles. The second kappa shape index (κ2) is 3.66. The maximum Gasteiger partial charge on any atom is 0.143 e. The molecule has 2 aromatic rings. The van der Waals surface area contributed by atoms with Gasteiger partial charge in [-0.3, -0.25) is 0 Å². The van der Waals surface area contributed by atoms with Crippen molar-refractivity contribution in [3.63, 3.8) is 0 Å². The molecule has 0 saturated heterocycles. The molecule has 1 heterocycles. The van der Waals surface area contributed by atoms with Gasteiger partial charge in [0.05, 0.1) is 10.5 Å². The molecular formula is C11H10ClFN2. The zero-order chi connectivity index (χ0) is 11.0. The van der Waals surface area contributed by atoms with E-state index >= 15 is 0 Å². The zero-order valence-electron chi connectivity index (χ0n) is 8.22. The van der Waals surface area contributed by atoms with Gasteiger partial charge in [0, 0.05) is 11.5 Å². The SMILES string of the molecule is CCc1cc2cc(Cl)c(F)cc2nc1N. The van der Waals surface area contributed by atoms with Gasteiger partial charge >= 0.3 is 0 Å². The van der Waals surface area contributed by atoms with Gasteiger partial charge in [-0.05, 0) is 24.1 Å². The van der Waals surface area contributed by atoms with Gasteiger partial charge in [-0.25, -0.2) is 9.37 Å². The Morgan fingerprint density at radius 2 is 2.13 bits per heavy atom. The number of hydrogen-bond donors (Lipinski definition) is 1. The number of hydrogen-bond acceptors (Lipinski definition) is 2. The molecule has 0 radical (unpaired) electrons. The number of nitrogens with zero attached hydrogens (tertiary/aromatic N) is 1. The lowest BCUT2D eigenvalue weighted by molar-refractivity contribution is 0.630. The van der Waals surface area contributed by atoms with Crippen LogP contribution < -0.4 is 5.73 Å². The average molecular weight is 225 g/mol. The second-order valence-electron chi connectivity index (χ2n) is 3.35. The maximum atomic E-state index is 13.2. The number of fused-ring (bicyclic) bond motifs is 1. The minimum absolute atomic E-state index is 0.108. The molecule has 4 heteroatoms. The fraction of sp³-hybridized carbons (Fsp3) is 0.182. The number of halogens is 2. The predicted octanol–water partition coefficient (Wildman–Crippen LogP) is 3.17. The molecule has 0 fully saturated rings. The van der Waals surface area contributed by atoms with Crippen molar-refractivity contribution >= 4 is 28.3 Å². The van der Waals surface area contributed by atoms with Crippen molar-refractivity contribution in [2.45, 2.75) is 13.3 Å². The molecule has 0 amide bonds. The summed E-state index contributed by atoms with van der Waals surface area (Å²) in [5.74, 6) is -0.0213. The molecule has 78 valence electrons. The lowest BCUT2D eigenvalue weighted by Crippen LogP contribution is -1.97. The normalized spacial score (nSPS) is 10.9. The van der Waals surface area contributed by atoms with E-state index < -0.39 is 5.82 Å². The summed E-state index contributed by atoms with van der Waals surface area (Å²) in [5, 5.41) is 0.920. The molecule has 0 spiro atoms. The average Bonchev–Trinajstić information content (AvgIpc) is 2.20. The van der Waals surface area contributed by atoms with Crippen molar-refractivity contribution in [2.24, 2.45) is 0 Å². The number of benzene rings is 1. The molecule has 0 saturated carbocycles. The summed E-state index contributed by atoms with van der Waals surface area (Å²) < 4.78 is 13.2. The van der Waals surface area contributed by atoms with E-state index in [2.05, 4.69) is 4.98 Å². The minimum Gasteiger partial charge on any atom is -0.383 e. The third kappa shape index (κ3) is 1.75. The molecule has 0 atom stereocenters. The third-order valence-corrected chi connectivity index (χ3v) is 2.64. The van der Waals surface area contributed by atoms with Crippen LogP contribution in [0, 0.1) is 5.82 Å². The van der Waals surface area contributed by atoms with Gasteiger partial charge in [0.15, 0.2) is 0 Å². The van der Waals surface area contributed by atoms with Crippen LogP contribution in [0.15, 0.2) is 18.2 Å². The molecule has 0 unspecified atom stereocenters. The van der Waals surface area contributed by atoms with Crippen molar-refractivity contribution < 1.29 is 4.39 Å². The van der Waals surface area contributed by atoms with Crippen LogP contribution in [0.4, 0.5) is 10.2 Å². The maximum absolute atomic E-state index is 13.2. The van der Waals surface area contributed by atoms with E-state index in [9.17, 15) is 4.39 Å². The number of anilines is 1. The van der Waals surface area contributed by atoms with Crippen molar-refractivity contribution in [1.82, 2.24) is 4.98 Å². The highest BCUT2D eigenvalue weighted by molar-refractivity contribution is 6.31. The Bertz CT molecular complexity index is 525. The Morgan fingerprint density at radius 1 is 1.40 bits per heavy atom. The van der Waals surface area contributed by atoms with Gasteiger partial charge in [0.1, 0.15) is 11.6 Å². The van der Waals surface area contributed by atoms with E-state index in [1.165, 1.54) is 6.07 Å². The highest BCUT2D eigenvalue weighted by atomic mass is 35.5. The Morgan fingerprint density at radius 3 is 2.80 bits per heavy atom. The molecule has 2 N–H and O–H groups in total. The van der Waals surface area contributed by atoms with E-state index in [-0.39, 0.29) is 5.02 Å². The van der Waals surface area contributed by atoms with Crippen LogP contribution in [0.3, 0.4) is 0 Å². The van der Waals surface area contributed by atoms with Crippen LogP contribution >= 0.6 is 11.6 Å². The number of aromatic nitrogens is 1. The Labute approximate surface area is 91.9 Å². The highest BCUT2D eigenvalue weighted by Gasteiger charge is 2.06. The Kier molecular flexibility index (Phi) is 2.49. The number of nitrogen functional groups attached to an aromatic ring is 1. The fourth-order valence-corrected chi connectivity index (χ4v) is 1.68. The summed E-state index contributed by atoms with van der Waals surface area (Å²) in [6.45, 7) is 1.99. The van der Waals surface area contributed by atoms with Crippen molar-refractivity contribution in [3.05, 3.63) is 34.6 Å². The first-order valence-corrected chi connectivity index (χ1v) is 5.03. The zero-order valence-corrected chi connectivity index (χ0v) is 8.98. The summed E-state index contributed by atoms with van der Waals surface area (Å²) >= 11 is 5.69. The molecule has 1 aromatic heterocycles. The largest absolute Gasteiger partial charge is 0.383 e. The summed E-state index contributed by atoms with van der Waals surface area (Å²) in [6, 6.07) is 4.76. The molecule has 0 aliphatic rings. The molecular weight excluding hydrogens is 215 g/mol. The van der Waals surface area contributed by atoms with E-state index in [0.29, 0.717) is 11.3 Å². The predicted molar refractivity (Wildman–Crippen MR) is 60.5 cm³/mol. The molecule has 0 aliphatic carbocycles. The van der Waals surface area contributed by atoms with Crippen LogP contribution in [0.1, 0.15) is 12.5 Å². The lowest BCUT2D eigenvalue weighted by atomic mass is 10.1. The Hall–Kier alpha value is -1.35. The fourth-order valence-electron chi connectivity index (χ4n) is 1.51. The summed E-state index contributed by atoms with van der Waals surface area (Å²) in [6.07, 6.45) is 0.795. The molecule has 2 rings (SSSR count). The van der Waals surface area contributed by atoms with E-state index in [0.717, 1.165) is 17.4 Å². The molecule has 0 bridgehead atoms. The molecule has 0 aliphatic heterocycles. The van der Waals surface area contributed by atoms with Crippen molar-refractivity contribution in [2.75, 3.05) is 5.73 Å². The lowest BCUT2D eigenvalue weighted by Gasteiger charge is -2.05. The van der Waals surface area contributed by atoms with Gasteiger partial charge < -0.3 is 5.73 Å².